The number of para-hydroxylation sites is 2. The first-order valence-electron chi connectivity index (χ1n) is 6.14. The summed E-state index contributed by atoms with van der Waals surface area (Å²) in [6, 6.07) is 13.8. The summed E-state index contributed by atoms with van der Waals surface area (Å²) < 4.78 is 1.99. The smallest absolute Gasteiger partial charge is 0.100 e. The average molecular weight is 272 g/mol. The van der Waals surface area contributed by atoms with Gasteiger partial charge < -0.3 is 5.73 Å². The second-order valence-corrected chi connectivity index (χ2v) is 5.01. The van der Waals surface area contributed by atoms with Gasteiger partial charge in [-0.05, 0) is 36.8 Å². The molecule has 0 radical (unpaired) electrons. The van der Waals surface area contributed by atoms with Gasteiger partial charge in [0.15, 0.2) is 0 Å². The Balaban J connectivity index is 2.17. The molecule has 0 saturated carbocycles. The summed E-state index contributed by atoms with van der Waals surface area (Å²) in [6.45, 7) is 1.94. The van der Waals surface area contributed by atoms with Crippen LogP contribution in [0.2, 0.25) is 5.02 Å². The normalized spacial score (nSPS) is 12.8. The first-order valence-corrected chi connectivity index (χ1v) is 6.52. The zero-order chi connectivity index (χ0) is 13.4. The van der Waals surface area contributed by atoms with Crippen LogP contribution < -0.4 is 5.73 Å². The van der Waals surface area contributed by atoms with Gasteiger partial charge in [-0.25, -0.2) is 4.98 Å². The van der Waals surface area contributed by atoms with Crippen LogP contribution >= 0.6 is 11.6 Å². The molecule has 0 amide bonds. The van der Waals surface area contributed by atoms with Crippen LogP contribution in [0.5, 0.6) is 0 Å². The van der Waals surface area contributed by atoms with Crippen molar-refractivity contribution in [1.82, 2.24) is 9.55 Å². The van der Waals surface area contributed by atoms with Gasteiger partial charge in [0.2, 0.25) is 0 Å². The lowest BCUT2D eigenvalue weighted by molar-refractivity contribution is 0.817. The molecule has 0 spiro atoms. The molecule has 0 aliphatic rings. The summed E-state index contributed by atoms with van der Waals surface area (Å²) in [5, 5.41) is 0.679. The van der Waals surface area contributed by atoms with E-state index in [9.17, 15) is 0 Å². The molecular formula is C15H14ClN3. The molecule has 0 saturated heterocycles. The molecule has 4 heteroatoms. The number of nitrogens with zero attached hydrogens (tertiary/aromatic N) is 2. The minimum Gasteiger partial charge on any atom is -0.324 e. The number of nitrogens with two attached hydrogens (primary N) is 1. The number of aromatic nitrogens is 2. The van der Waals surface area contributed by atoms with E-state index in [1.807, 2.05) is 54.0 Å². The highest BCUT2D eigenvalue weighted by molar-refractivity contribution is 6.32. The number of hydrogen-bond acceptors (Lipinski definition) is 2. The van der Waals surface area contributed by atoms with Crippen molar-refractivity contribution in [3.63, 3.8) is 0 Å². The van der Waals surface area contributed by atoms with E-state index in [2.05, 4.69) is 4.98 Å². The van der Waals surface area contributed by atoms with E-state index in [-0.39, 0.29) is 6.04 Å². The predicted octanol–water partition coefficient (Wildman–Crippen LogP) is 3.70. The average Bonchev–Trinajstić information content (AvgIpc) is 2.82. The van der Waals surface area contributed by atoms with E-state index in [1.165, 1.54) is 0 Å². The molecule has 1 atom stereocenters. The first-order chi connectivity index (χ1) is 9.16. The Morgan fingerprint density at radius 1 is 1.21 bits per heavy atom. The Morgan fingerprint density at radius 2 is 2.00 bits per heavy atom. The quantitative estimate of drug-likeness (QED) is 0.772. The van der Waals surface area contributed by atoms with Crippen molar-refractivity contribution >= 4 is 22.6 Å². The van der Waals surface area contributed by atoms with Crippen molar-refractivity contribution in [2.45, 2.75) is 13.0 Å². The lowest BCUT2D eigenvalue weighted by Gasteiger charge is -2.11. The standard InChI is InChI=1S/C15H14ClN3/c1-10(17)11-6-7-14(12(16)8-11)19-9-18-13-4-2-3-5-15(13)19/h2-10H,17H2,1H3/t10-/m0/s1. The van der Waals surface area contributed by atoms with Gasteiger partial charge in [-0.15, -0.1) is 0 Å². The largest absolute Gasteiger partial charge is 0.324 e. The molecule has 96 valence electrons. The van der Waals surface area contributed by atoms with E-state index in [0.29, 0.717) is 5.02 Å². The van der Waals surface area contributed by atoms with Crippen LogP contribution in [0.15, 0.2) is 48.8 Å². The van der Waals surface area contributed by atoms with Gasteiger partial charge in [-0.3, -0.25) is 4.57 Å². The van der Waals surface area contributed by atoms with Crippen LogP contribution in [-0.4, -0.2) is 9.55 Å². The molecule has 0 bridgehead atoms. The van der Waals surface area contributed by atoms with Gasteiger partial charge in [0.05, 0.1) is 21.7 Å². The van der Waals surface area contributed by atoms with Crippen LogP contribution in [0, 0.1) is 0 Å². The van der Waals surface area contributed by atoms with E-state index >= 15 is 0 Å². The highest BCUT2D eigenvalue weighted by Crippen LogP contribution is 2.27. The maximum absolute atomic E-state index is 6.36. The minimum atomic E-state index is -0.0221. The van der Waals surface area contributed by atoms with Crippen molar-refractivity contribution in [3.8, 4) is 5.69 Å². The fourth-order valence-electron chi connectivity index (χ4n) is 2.15. The lowest BCUT2D eigenvalue weighted by atomic mass is 10.1. The van der Waals surface area contributed by atoms with E-state index in [0.717, 1.165) is 22.3 Å². The maximum atomic E-state index is 6.36. The van der Waals surface area contributed by atoms with Gasteiger partial charge in [0.1, 0.15) is 6.33 Å². The van der Waals surface area contributed by atoms with Gasteiger partial charge in [0, 0.05) is 6.04 Å². The summed E-state index contributed by atoms with van der Waals surface area (Å²) in [5.74, 6) is 0. The molecule has 1 heterocycles. The third kappa shape index (κ3) is 2.11. The molecule has 3 nitrogen and oxygen atoms in total. The summed E-state index contributed by atoms with van der Waals surface area (Å²) in [5.41, 5.74) is 9.80. The van der Waals surface area contributed by atoms with E-state index in [4.69, 9.17) is 17.3 Å². The fraction of sp³-hybridized carbons (Fsp3) is 0.133. The molecular weight excluding hydrogens is 258 g/mol. The van der Waals surface area contributed by atoms with Crippen molar-refractivity contribution in [3.05, 3.63) is 59.4 Å². The van der Waals surface area contributed by atoms with Crippen molar-refractivity contribution in [2.75, 3.05) is 0 Å². The van der Waals surface area contributed by atoms with Crippen LogP contribution in [0.4, 0.5) is 0 Å². The number of rotatable bonds is 2. The Bertz CT molecular complexity index is 731. The number of imidazole rings is 1. The number of fused-ring (bicyclic) bond motifs is 1. The predicted molar refractivity (Wildman–Crippen MR) is 78.7 cm³/mol. The molecule has 2 N–H and O–H groups in total. The third-order valence-corrected chi connectivity index (χ3v) is 3.51. The van der Waals surface area contributed by atoms with E-state index < -0.39 is 0 Å². The number of hydrogen-bond donors (Lipinski definition) is 1. The molecule has 0 fully saturated rings. The van der Waals surface area contributed by atoms with Crippen LogP contribution in [-0.2, 0) is 0 Å². The van der Waals surface area contributed by atoms with Gasteiger partial charge >= 0.3 is 0 Å². The number of benzene rings is 2. The minimum absolute atomic E-state index is 0.0221. The fourth-order valence-corrected chi connectivity index (χ4v) is 2.43. The Labute approximate surface area is 116 Å². The third-order valence-electron chi connectivity index (χ3n) is 3.21. The van der Waals surface area contributed by atoms with Crippen LogP contribution in [0.1, 0.15) is 18.5 Å². The van der Waals surface area contributed by atoms with Gasteiger partial charge in [0.25, 0.3) is 0 Å². The molecule has 3 rings (SSSR count). The summed E-state index contributed by atoms with van der Waals surface area (Å²) in [7, 11) is 0. The molecule has 2 aromatic carbocycles. The molecule has 3 aromatic rings. The highest BCUT2D eigenvalue weighted by Gasteiger charge is 2.09. The molecule has 19 heavy (non-hydrogen) atoms. The zero-order valence-corrected chi connectivity index (χ0v) is 11.3. The molecule has 1 aromatic heterocycles. The Hall–Kier alpha value is -1.84. The number of halogens is 1. The van der Waals surface area contributed by atoms with Gasteiger partial charge in [-0.2, -0.15) is 0 Å². The second-order valence-electron chi connectivity index (χ2n) is 4.60. The van der Waals surface area contributed by atoms with Crippen molar-refractivity contribution in [1.29, 1.82) is 0 Å². The monoisotopic (exact) mass is 271 g/mol. The molecule has 0 aliphatic carbocycles. The Kier molecular flexibility index (Phi) is 3.01. The van der Waals surface area contributed by atoms with Crippen molar-refractivity contribution < 1.29 is 0 Å². The second kappa shape index (κ2) is 4.68. The van der Waals surface area contributed by atoms with E-state index in [1.54, 1.807) is 6.33 Å². The summed E-state index contributed by atoms with van der Waals surface area (Å²) in [6.07, 6.45) is 1.79. The van der Waals surface area contributed by atoms with Crippen molar-refractivity contribution in [2.24, 2.45) is 5.73 Å². The highest BCUT2D eigenvalue weighted by atomic mass is 35.5. The lowest BCUT2D eigenvalue weighted by Crippen LogP contribution is -2.05. The summed E-state index contributed by atoms with van der Waals surface area (Å²) >= 11 is 6.36. The van der Waals surface area contributed by atoms with Gasteiger partial charge in [-0.1, -0.05) is 29.8 Å². The zero-order valence-electron chi connectivity index (χ0n) is 10.5. The molecule has 0 aliphatic heterocycles. The Morgan fingerprint density at radius 3 is 2.74 bits per heavy atom. The topological polar surface area (TPSA) is 43.8 Å². The molecule has 0 unspecified atom stereocenters. The van der Waals surface area contributed by atoms with Crippen LogP contribution in [0.25, 0.3) is 16.7 Å². The maximum Gasteiger partial charge on any atom is 0.100 e. The van der Waals surface area contributed by atoms with Crippen LogP contribution in [0.3, 0.4) is 0 Å². The SMILES string of the molecule is C[C@H](N)c1ccc(-n2cnc3ccccc32)c(Cl)c1. The first kappa shape index (κ1) is 12.2. The summed E-state index contributed by atoms with van der Waals surface area (Å²) in [4.78, 5) is 4.37.